The summed E-state index contributed by atoms with van der Waals surface area (Å²) in [6, 6.07) is 4.11. The second-order valence-electron chi connectivity index (χ2n) is 7.14. The van der Waals surface area contributed by atoms with E-state index in [1.807, 2.05) is 13.0 Å². The number of imidazole rings is 1. The van der Waals surface area contributed by atoms with Crippen LogP contribution in [0, 0.1) is 6.92 Å². The van der Waals surface area contributed by atoms with Crippen molar-refractivity contribution in [2.45, 2.75) is 33.1 Å². The first kappa shape index (κ1) is 15.9. The predicted molar refractivity (Wildman–Crippen MR) is 92.6 cm³/mol. The van der Waals surface area contributed by atoms with E-state index in [1.165, 1.54) is 11.5 Å². The van der Waals surface area contributed by atoms with Gasteiger partial charge in [0.25, 0.3) is 0 Å². The smallest absolute Gasteiger partial charge is 0.123 e. The van der Waals surface area contributed by atoms with Crippen LogP contribution >= 0.6 is 0 Å². The van der Waals surface area contributed by atoms with E-state index >= 15 is 0 Å². The first-order valence-electron chi connectivity index (χ1n) is 8.89. The molecule has 6 nitrogen and oxygen atoms in total. The summed E-state index contributed by atoms with van der Waals surface area (Å²) in [4.78, 5) is 12.2. The number of aryl methyl sites for hydroxylation is 1. The third-order valence-corrected chi connectivity index (χ3v) is 5.09. The molecule has 6 heteroatoms. The molecule has 0 spiro atoms. The molecule has 4 rings (SSSR count). The van der Waals surface area contributed by atoms with E-state index < -0.39 is 0 Å². The highest BCUT2D eigenvalue weighted by molar-refractivity contribution is 5.09. The highest BCUT2D eigenvalue weighted by atomic mass is 16.3. The van der Waals surface area contributed by atoms with Crippen molar-refractivity contribution in [3.63, 3.8) is 0 Å². The predicted octanol–water partition coefficient (Wildman–Crippen LogP) is 1.55. The van der Waals surface area contributed by atoms with E-state index in [2.05, 4.69) is 38.6 Å². The van der Waals surface area contributed by atoms with Crippen LogP contribution in [0.2, 0.25) is 0 Å². The fourth-order valence-corrected chi connectivity index (χ4v) is 3.60. The highest BCUT2D eigenvalue weighted by Crippen LogP contribution is 2.18. The maximum atomic E-state index is 5.71. The summed E-state index contributed by atoms with van der Waals surface area (Å²) in [7, 11) is 2.20. The van der Waals surface area contributed by atoms with E-state index in [-0.39, 0.29) is 0 Å². The van der Waals surface area contributed by atoms with Crippen molar-refractivity contribution in [1.82, 2.24) is 24.3 Å². The van der Waals surface area contributed by atoms with Gasteiger partial charge in [0.1, 0.15) is 17.3 Å². The molecular formula is C18H27N5O. The fourth-order valence-electron chi connectivity index (χ4n) is 3.60. The average molecular weight is 329 g/mol. The Morgan fingerprint density at radius 1 is 1.00 bits per heavy atom. The largest absolute Gasteiger partial charge is 0.465 e. The van der Waals surface area contributed by atoms with Crippen molar-refractivity contribution in [3.05, 3.63) is 41.4 Å². The molecule has 2 aliphatic rings. The van der Waals surface area contributed by atoms with E-state index in [0.29, 0.717) is 0 Å². The van der Waals surface area contributed by atoms with E-state index in [9.17, 15) is 0 Å². The van der Waals surface area contributed by atoms with Crippen LogP contribution < -0.4 is 0 Å². The molecule has 0 N–H and O–H groups in total. The quantitative estimate of drug-likeness (QED) is 0.851. The number of fused-ring (bicyclic) bond motifs is 1. The minimum atomic E-state index is 0.870. The maximum absolute atomic E-state index is 5.71. The lowest BCUT2D eigenvalue weighted by molar-refractivity contribution is 0.147. The molecule has 2 aliphatic heterocycles. The van der Waals surface area contributed by atoms with Crippen LogP contribution in [0.25, 0.3) is 0 Å². The van der Waals surface area contributed by atoms with Crippen molar-refractivity contribution in [2.75, 3.05) is 39.8 Å². The Hall–Kier alpha value is -1.63. The standard InChI is InChI=1S/C18H27N5O/c1-15-3-4-17(24-15)13-22-9-10-23-12-16(19-18(23)14-22)11-21-7-5-20(2)6-8-21/h3-4,12H,5-11,13-14H2,1-2H3. The Kier molecular flexibility index (Phi) is 4.43. The molecule has 0 atom stereocenters. The molecule has 24 heavy (non-hydrogen) atoms. The summed E-state index contributed by atoms with van der Waals surface area (Å²) in [5.41, 5.74) is 1.21. The minimum absolute atomic E-state index is 0.870. The molecule has 0 radical (unpaired) electrons. The number of aromatic nitrogens is 2. The number of rotatable bonds is 4. The summed E-state index contributed by atoms with van der Waals surface area (Å²) in [6.45, 7) is 11.4. The van der Waals surface area contributed by atoms with Crippen LogP contribution in [0.1, 0.15) is 23.0 Å². The zero-order chi connectivity index (χ0) is 16.5. The van der Waals surface area contributed by atoms with Gasteiger partial charge in [0.2, 0.25) is 0 Å². The van der Waals surface area contributed by atoms with Crippen molar-refractivity contribution in [3.8, 4) is 0 Å². The number of piperazine rings is 1. The van der Waals surface area contributed by atoms with Gasteiger partial charge in [-0.25, -0.2) is 4.98 Å². The normalized spacial score (nSPS) is 20.4. The number of nitrogens with zero attached hydrogens (tertiary/aromatic N) is 5. The molecular weight excluding hydrogens is 302 g/mol. The first-order chi connectivity index (χ1) is 11.7. The van der Waals surface area contributed by atoms with Gasteiger partial charge in [-0.15, -0.1) is 0 Å². The zero-order valence-corrected chi connectivity index (χ0v) is 14.7. The molecule has 0 amide bonds. The second kappa shape index (κ2) is 6.70. The number of hydrogen-bond acceptors (Lipinski definition) is 5. The Bertz CT molecular complexity index is 683. The Balaban J connectivity index is 1.37. The molecule has 2 aromatic rings. The molecule has 0 aromatic carbocycles. The van der Waals surface area contributed by atoms with Crippen molar-refractivity contribution in [1.29, 1.82) is 0 Å². The van der Waals surface area contributed by atoms with E-state index in [1.54, 1.807) is 0 Å². The molecule has 0 aliphatic carbocycles. The number of likely N-dealkylation sites (N-methyl/N-ethyl adjacent to an activating group) is 1. The van der Waals surface area contributed by atoms with Crippen molar-refractivity contribution in [2.24, 2.45) is 0 Å². The molecule has 0 saturated carbocycles. The molecule has 2 aromatic heterocycles. The van der Waals surface area contributed by atoms with Gasteiger partial charge in [-0.05, 0) is 26.1 Å². The van der Waals surface area contributed by atoms with Crippen LogP contribution in [-0.4, -0.2) is 64.0 Å². The zero-order valence-electron chi connectivity index (χ0n) is 14.7. The van der Waals surface area contributed by atoms with E-state index in [4.69, 9.17) is 9.40 Å². The van der Waals surface area contributed by atoms with Crippen LogP contribution in [-0.2, 0) is 26.2 Å². The fraction of sp³-hybridized carbons (Fsp3) is 0.611. The lowest BCUT2D eigenvalue weighted by Gasteiger charge is -2.31. The number of hydrogen-bond donors (Lipinski definition) is 0. The summed E-state index contributed by atoms with van der Waals surface area (Å²) in [5.74, 6) is 3.22. The summed E-state index contributed by atoms with van der Waals surface area (Å²) < 4.78 is 8.04. The third-order valence-electron chi connectivity index (χ3n) is 5.09. The van der Waals surface area contributed by atoms with Gasteiger partial charge in [0.15, 0.2) is 0 Å². The molecule has 1 fully saturated rings. The van der Waals surface area contributed by atoms with Crippen LogP contribution in [0.4, 0.5) is 0 Å². The lowest BCUT2D eigenvalue weighted by Crippen LogP contribution is -2.43. The molecule has 1 saturated heterocycles. The Labute approximate surface area is 143 Å². The first-order valence-corrected chi connectivity index (χ1v) is 8.89. The molecule has 4 heterocycles. The monoisotopic (exact) mass is 329 g/mol. The SMILES string of the molecule is Cc1ccc(CN2CCn3cc(CN4CCN(C)CC4)nc3C2)o1. The molecule has 0 unspecified atom stereocenters. The summed E-state index contributed by atoms with van der Waals surface area (Å²) in [5, 5.41) is 0. The number of furan rings is 1. The third kappa shape index (κ3) is 3.55. The van der Waals surface area contributed by atoms with Gasteiger partial charge in [-0.3, -0.25) is 9.80 Å². The summed E-state index contributed by atoms with van der Waals surface area (Å²) >= 11 is 0. The second-order valence-corrected chi connectivity index (χ2v) is 7.14. The van der Waals surface area contributed by atoms with Crippen LogP contribution in [0.15, 0.2) is 22.7 Å². The molecule has 130 valence electrons. The van der Waals surface area contributed by atoms with Gasteiger partial charge in [0.05, 0.1) is 18.8 Å². The van der Waals surface area contributed by atoms with Gasteiger partial charge >= 0.3 is 0 Å². The highest BCUT2D eigenvalue weighted by Gasteiger charge is 2.21. The lowest BCUT2D eigenvalue weighted by atomic mass is 10.3. The van der Waals surface area contributed by atoms with Gasteiger partial charge in [-0.1, -0.05) is 0 Å². The van der Waals surface area contributed by atoms with Crippen molar-refractivity contribution < 1.29 is 4.42 Å². The maximum Gasteiger partial charge on any atom is 0.123 e. The van der Waals surface area contributed by atoms with E-state index in [0.717, 1.165) is 70.4 Å². The Morgan fingerprint density at radius 2 is 1.79 bits per heavy atom. The van der Waals surface area contributed by atoms with Crippen LogP contribution in [0.3, 0.4) is 0 Å². The van der Waals surface area contributed by atoms with Gasteiger partial charge in [0, 0.05) is 52.0 Å². The van der Waals surface area contributed by atoms with Crippen LogP contribution in [0.5, 0.6) is 0 Å². The minimum Gasteiger partial charge on any atom is -0.465 e. The summed E-state index contributed by atoms with van der Waals surface area (Å²) in [6.07, 6.45) is 2.25. The van der Waals surface area contributed by atoms with Gasteiger partial charge < -0.3 is 13.9 Å². The molecule has 0 bridgehead atoms. The average Bonchev–Trinajstić information content (AvgIpc) is 3.15. The van der Waals surface area contributed by atoms with Crippen molar-refractivity contribution >= 4 is 0 Å². The van der Waals surface area contributed by atoms with Gasteiger partial charge in [-0.2, -0.15) is 0 Å². The Morgan fingerprint density at radius 3 is 2.54 bits per heavy atom. The topological polar surface area (TPSA) is 40.7 Å².